The highest BCUT2D eigenvalue weighted by molar-refractivity contribution is 5.27. The monoisotopic (exact) mass is 288 g/mol. The lowest BCUT2D eigenvalue weighted by molar-refractivity contribution is 0.414. The van der Waals surface area contributed by atoms with Crippen molar-refractivity contribution < 1.29 is 4.74 Å². The van der Waals surface area contributed by atoms with Gasteiger partial charge in [0, 0.05) is 31.4 Å². The molecule has 1 atom stereocenters. The minimum absolute atomic E-state index is 0.163. The zero-order valence-corrected chi connectivity index (χ0v) is 12.7. The number of nitrogens with two attached hydrogens (primary N) is 1. The van der Waals surface area contributed by atoms with E-state index in [0.717, 1.165) is 37.4 Å². The standard InChI is InChI=1S/C16H24N4O/c1-3-9-20-10-8-18-16(20)12-14(19-17)11-13-4-6-15(21-2)7-5-13/h4-8,10,14,19H,3,9,11-12,17H2,1-2H3. The van der Waals surface area contributed by atoms with Crippen molar-refractivity contribution in [2.75, 3.05) is 7.11 Å². The Kier molecular flexibility index (Phi) is 5.78. The molecule has 21 heavy (non-hydrogen) atoms. The molecule has 5 heteroatoms. The van der Waals surface area contributed by atoms with E-state index in [9.17, 15) is 0 Å². The smallest absolute Gasteiger partial charge is 0.118 e. The predicted octanol–water partition coefficient (Wildman–Crippen LogP) is 1.92. The largest absolute Gasteiger partial charge is 0.497 e. The van der Waals surface area contributed by atoms with E-state index in [1.165, 1.54) is 5.56 Å². The maximum atomic E-state index is 5.71. The molecule has 0 saturated carbocycles. The van der Waals surface area contributed by atoms with Crippen LogP contribution in [0, 0.1) is 0 Å². The summed E-state index contributed by atoms with van der Waals surface area (Å²) >= 11 is 0. The lowest BCUT2D eigenvalue weighted by Gasteiger charge is -2.17. The molecule has 0 saturated heterocycles. The fourth-order valence-corrected chi connectivity index (χ4v) is 2.43. The summed E-state index contributed by atoms with van der Waals surface area (Å²) in [7, 11) is 1.67. The molecule has 2 aromatic rings. The van der Waals surface area contributed by atoms with E-state index in [1.807, 2.05) is 24.5 Å². The summed E-state index contributed by atoms with van der Waals surface area (Å²) in [6.45, 7) is 3.16. The van der Waals surface area contributed by atoms with Gasteiger partial charge >= 0.3 is 0 Å². The Balaban J connectivity index is 2.00. The lowest BCUT2D eigenvalue weighted by Crippen LogP contribution is -2.39. The average Bonchev–Trinajstić information content (AvgIpc) is 2.95. The zero-order valence-electron chi connectivity index (χ0n) is 12.7. The minimum Gasteiger partial charge on any atom is -0.497 e. The van der Waals surface area contributed by atoms with Gasteiger partial charge in [0.1, 0.15) is 11.6 Å². The van der Waals surface area contributed by atoms with Gasteiger partial charge in [-0.3, -0.25) is 11.3 Å². The van der Waals surface area contributed by atoms with Gasteiger partial charge < -0.3 is 9.30 Å². The van der Waals surface area contributed by atoms with Crippen molar-refractivity contribution in [3.63, 3.8) is 0 Å². The van der Waals surface area contributed by atoms with Crippen LogP contribution in [0.4, 0.5) is 0 Å². The quantitative estimate of drug-likeness (QED) is 0.575. The Morgan fingerprint density at radius 3 is 2.67 bits per heavy atom. The fourth-order valence-electron chi connectivity index (χ4n) is 2.43. The van der Waals surface area contributed by atoms with Gasteiger partial charge in [0.25, 0.3) is 0 Å². The van der Waals surface area contributed by atoms with Gasteiger partial charge in [-0.2, -0.15) is 0 Å². The van der Waals surface area contributed by atoms with Crippen molar-refractivity contribution in [1.29, 1.82) is 0 Å². The van der Waals surface area contributed by atoms with Crippen molar-refractivity contribution in [2.45, 2.75) is 38.8 Å². The Hall–Kier alpha value is -1.85. The average molecular weight is 288 g/mol. The van der Waals surface area contributed by atoms with Crippen molar-refractivity contribution in [2.24, 2.45) is 5.84 Å². The lowest BCUT2D eigenvalue weighted by atomic mass is 10.0. The van der Waals surface area contributed by atoms with Crippen LogP contribution in [0.3, 0.4) is 0 Å². The molecule has 1 aromatic heterocycles. The van der Waals surface area contributed by atoms with Crippen LogP contribution >= 0.6 is 0 Å². The van der Waals surface area contributed by atoms with Gasteiger partial charge in [0.05, 0.1) is 7.11 Å². The van der Waals surface area contributed by atoms with Gasteiger partial charge in [-0.1, -0.05) is 19.1 Å². The number of methoxy groups -OCH3 is 1. The number of rotatable bonds is 8. The number of ether oxygens (including phenoxy) is 1. The number of nitrogens with one attached hydrogen (secondary N) is 1. The highest BCUT2D eigenvalue weighted by Crippen LogP contribution is 2.14. The third-order valence-corrected chi connectivity index (χ3v) is 3.57. The molecule has 2 rings (SSSR count). The van der Waals surface area contributed by atoms with Gasteiger partial charge in [-0.05, 0) is 30.5 Å². The third-order valence-electron chi connectivity index (χ3n) is 3.57. The van der Waals surface area contributed by atoms with Crippen LogP contribution in [-0.2, 0) is 19.4 Å². The van der Waals surface area contributed by atoms with Crippen LogP contribution in [-0.4, -0.2) is 22.7 Å². The highest BCUT2D eigenvalue weighted by Gasteiger charge is 2.12. The van der Waals surface area contributed by atoms with Gasteiger partial charge in [0.2, 0.25) is 0 Å². The third kappa shape index (κ3) is 4.31. The number of benzene rings is 1. The first-order valence-corrected chi connectivity index (χ1v) is 7.35. The minimum atomic E-state index is 0.163. The van der Waals surface area contributed by atoms with Crippen LogP contribution in [0.25, 0.3) is 0 Å². The zero-order chi connectivity index (χ0) is 15.1. The molecule has 3 N–H and O–H groups in total. The SMILES string of the molecule is CCCn1ccnc1CC(Cc1ccc(OC)cc1)NN. The Bertz CT molecular complexity index is 535. The second-order valence-electron chi connectivity index (χ2n) is 5.16. The van der Waals surface area contributed by atoms with E-state index in [2.05, 4.69) is 34.0 Å². The van der Waals surface area contributed by atoms with Crippen LogP contribution in [0.2, 0.25) is 0 Å². The van der Waals surface area contributed by atoms with Gasteiger partial charge in [0.15, 0.2) is 0 Å². The Labute approximate surface area is 126 Å². The molecule has 1 aromatic carbocycles. The number of imidazole rings is 1. The summed E-state index contributed by atoms with van der Waals surface area (Å²) in [5, 5.41) is 0. The molecule has 0 aliphatic rings. The van der Waals surface area contributed by atoms with E-state index in [4.69, 9.17) is 10.6 Å². The molecule has 114 valence electrons. The van der Waals surface area contributed by atoms with E-state index < -0.39 is 0 Å². The van der Waals surface area contributed by atoms with E-state index in [1.54, 1.807) is 7.11 Å². The van der Waals surface area contributed by atoms with E-state index in [-0.39, 0.29) is 6.04 Å². The van der Waals surface area contributed by atoms with Gasteiger partial charge in [-0.25, -0.2) is 4.98 Å². The number of aromatic nitrogens is 2. The molecule has 0 bridgehead atoms. The molecule has 0 radical (unpaired) electrons. The molecule has 0 aliphatic carbocycles. The number of hydrogen-bond donors (Lipinski definition) is 2. The topological polar surface area (TPSA) is 65.1 Å². The molecule has 1 unspecified atom stereocenters. The normalized spacial score (nSPS) is 12.3. The molecule has 0 amide bonds. The number of hydrazine groups is 1. The van der Waals surface area contributed by atoms with Crippen LogP contribution in [0.15, 0.2) is 36.7 Å². The van der Waals surface area contributed by atoms with E-state index in [0.29, 0.717) is 0 Å². The predicted molar refractivity (Wildman–Crippen MR) is 84.0 cm³/mol. The number of aryl methyl sites for hydroxylation is 1. The second kappa shape index (κ2) is 7.81. The highest BCUT2D eigenvalue weighted by atomic mass is 16.5. The second-order valence-corrected chi connectivity index (χ2v) is 5.16. The van der Waals surface area contributed by atoms with Gasteiger partial charge in [-0.15, -0.1) is 0 Å². The molecular formula is C16H24N4O. The van der Waals surface area contributed by atoms with Crippen LogP contribution in [0.1, 0.15) is 24.7 Å². The fraction of sp³-hybridized carbons (Fsp3) is 0.438. The summed E-state index contributed by atoms with van der Waals surface area (Å²) in [6, 6.07) is 8.25. The Morgan fingerprint density at radius 2 is 2.05 bits per heavy atom. The number of nitrogens with zero attached hydrogens (tertiary/aromatic N) is 2. The van der Waals surface area contributed by atoms with Crippen molar-refractivity contribution in [3.8, 4) is 5.75 Å². The maximum Gasteiger partial charge on any atom is 0.118 e. The molecule has 5 nitrogen and oxygen atoms in total. The molecule has 1 heterocycles. The first-order valence-electron chi connectivity index (χ1n) is 7.35. The van der Waals surface area contributed by atoms with Crippen LogP contribution < -0.4 is 16.0 Å². The molecule has 0 aliphatic heterocycles. The molecule has 0 spiro atoms. The summed E-state index contributed by atoms with van der Waals surface area (Å²) in [5.74, 6) is 7.65. The van der Waals surface area contributed by atoms with E-state index >= 15 is 0 Å². The number of hydrogen-bond acceptors (Lipinski definition) is 4. The summed E-state index contributed by atoms with van der Waals surface area (Å²) < 4.78 is 7.37. The summed E-state index contributed by atoms with van der Waals surface area (Å²) in [5.41, 5.74) is 4.13. The first kappa shape index (κ1) is 15.5. The Morgan fingerprint density at radius 1 is 1.29 bits per heavy atom. The van der Waals surface area contributed by atoms with Crippen molar-refractivity contribution in [1.82, 2.24) is 15.0 Å². The van der Waals surface area contributed by atoms with Crippen molar-refractivity contribution >= 4 is 0 Å². The van der Waals surface area contributed by atoms with Crippen LogP contribution in [0.5, 0.6) is 5.75 Å². The summed E-state index contributed by atoms with van der Waals surface area (Å²) in [6.07, 6.45) is 6.66. The maximum absolute atomic E-state index is 5.71. The summed E-state index contributed by atoms with van der Waals surface area (Å²) in [4.78, 5) is 4.44. The molecule has 0 fully saturated rings. The first-order chi connectivity index (χ1) is 10.3. The molecular weight excluding hydrogens is 264 g/mol. The van der Waals surface area contributed by atoms with Crippen molar-refractivity contribution in [3.05, 3.63) is 48.0 Å².